The Labute approximate surface area is 100 Å². The Morgan fingerprint density at radius 3 is 2.46 bits per heavy atom. The number of benzene rings is 1. The Kier molecular flexibility index (Phi) is 4.94. The normalized spacial score (nSPS) is 10.0. The molecule has 3 heteroatoms. The SMILES string of the molecule is O=C(CCCI)c1ccc(Br)cc1. The molecule has 0 heterocycles. The molecule has 70 valence electrons. The summed E-state index contributed by atoms with van der Waals surface area (Å²) in [6.07, 6.45) is 1.63. The summed E-state index contributed by atoms with van der Waals surface area (Å²) in [5.74, 6) is 0.240. The van der Waals surface area contributed by atoms with Crippen LogP contribution in [0.3, 0.4) is 0 Å². The summed E-state index contributed by atoms with van der Waals surface area (Å²) in [6.45, 7) is 0. The summed E-state index contributed by atoms with van der Waals surface area (Å²) in [5, 5.41) is 0. The third-order valence-electron chi connectivity index (χ3n) is 1.70. The minimum Gasteiger partial charge on any atom is -0.294 e. The number of hydrogen-bond acceptors (Lipinski definition) is 1. The van der Waals surface area contributed by atoms with Crippen molar-refractivity contribution in [2.75, 3.05) is 4.43 Å². The molecule has 0 spiro atoms. The summed E-state index contributed by atoms with van der Waals surface area (Å²) < 4.78 is 2.05. The van der Waals surface area contributed by atoms with Gasteiger partial charge in [0, 0.05) is 16.5 Å². The first-order valence-electron chi connectivity index (χ1n) is 4.09. The maximum absolute atomic E-state index is 11.5. The van der Waals surface area contributed by atoms with Crippen molar-refractivity contribution >= 4 is 44.3 Å². The molecular formula is C10H10BrIO. The topological polar surface area (TPSA) is 17.1 Å². The second kappa shape index (κ2) is 5.75. The van der Waals surface area contributed by atoms with E-state index in [1.165, 1.54) is 0 Å². The van der Waals surface area contributed by atoms with Crippen LogP contribution in [0.4, 0.5) is 0 Å². The summed E-state index contributed by atoms with van der Waals surface area (Å²) in [4.78, 5) is 11.5. The molecule has 0 radical (unpaired) electrons. The molecule has 0 aliphatic heterocycles. The van der Waals surface area contributed by atoms with Gasteiger partial charge in [-0.1, -0.05) is 50.7 Å². The average Bonchev–Trinajstić information content (AvgIpc) is 2.15. The maximum atomic E-state index is 11.5. The predicted octanol–water partition coefficient (Wildman–Crippen LogP) is 3.85. The van der Waals surface area contributed by atoms with Crippen LogP contribution in [-0.2, 0) is 0 Å². The van der Waals surface area contributed by atoms with Crippen LogP contribution < -0.4 is 0 Å². The number of carbonyl (C=O) groups is 1. The van der Waals surface area contributed by atoms with Gasteiger partial charge in [0.1, 0.15) is 0 Å². The fourth-order valence-corrected chi connectivity index (χ4v) is 1.65. The maximum Gasteiger partial charge on any atom is 0.162 e. The Morgan fingerprint density at radius 1 is 1.31 bits per heavy atom. The summed E-state index contributed by atoms with van der Waals surface area (Å²) in [7, 11) is 0. The zero-order valence-electron chi connectivity index (χ0n) is 7.09. The van der Waals surface area contributed by atoms with E-state index in [0.29, 0.717) is 6.42 Å². The van der Waals surface area contributed by atoms with Gasteiger partial charge in [-0.25, -0.2) is 0 Å². The molecule has 0 amide bonds. The number of halogens is 2. The Morgan fingerprint density at radius 2 is 1.92 bits per heavy atom. The van der Waals surface area contributed by atoms with E-state index in [-0.39, 0.29) is 5.78 Å². The quantitative estimate of drug-likeness (QED) is 0.457. The Balaban J connectivity index is 2.61. The molecule has 0 aromatic heterocycles. The molecule has 0 atom stereocenters. The van der Waals surface area contributed by atoms with Crippen LogP contribution in [-0.4, -0.2) is 10.2 Å². The van der Waals surface area contributed by atoms with Crippen LogP contribution >= 0.6 is 38.5 Å². The van der Waals surface area contributed by atoms with Crippen molar-refractivity contribution in [3.63, 3.8) is 0 Å². The van der Waals surface area contributed by atoms with E-state index in [1.807, 2.05) is 24.3 Å². The number of ketones is 1. The van der Waals surface area contributed by atoms with Crippen LogP contribution in [0.1, 0.15) is 23.2 Å². The molecule has 0 aliphatic rings. The predicted molar refractivity (Wildman–Crippen MR) is 66.6 cm³/mol. The van der Waals surface area contributed by atoms with Crippen LogP contribution in [0, 0.1) is 0 Å². The third-order valence-corrected chi connectivity index (χ3v) is 3.00. The number of Topliss-reactive ketones (excluding diaryl/α,β-unsaturated/α-hetero) is 1. The lowest BCUT2D eigenvalue weighted by molar-refractivity contribution is 0.0982. The highest BCUT2D eigenvalue weighted by molar-refractivity contribution is 14.1. The van der Waals surface area contributed by atoms with Crippen LogP contribution in [0.5, 0.6) is 0 Å². The molecule has 0 unspecified atom stereocenters. The number of hydrogen-bond donors (Lipinski definition) is 0. The van der Waals surface area contributed by atoms with Gasteiger partial charge in [-0.15, -0.1) is 0 Å². The van der Waals surface area contributed by atoms with Crippen molar-refractivity contribution in [2.45, 2.75) is 12.8 Å². The fourth-order valence-electron chi connectivity index (χ4n) is 1.01. The Bertz CT molecular complexity index is 281. The summed E-state index contributed by atoms with van der Waals surface area (Å²) in [5.41, 5.74) is 0.813. The third kappa shape index (κ3) is 3.77. The van der Waals surface area contributed by atoms with Crippen molar-refractivity contribution in [3.8, 4) is 0 Å². The first kappa shape index (κ1) is 11.2. The summed E-state index contributed by atoms with van der Waals surface area (Å²) >= 11 is 5.62. The Hall–Kier alpha value is 0.1000. The van der Waals surface area contributed by atoms with E-state index in [2.05, 4.69) is 38.5 Å². The van der Waals surface area contributed by atoms with Gasteiger partial charge >= 0.3 is 0 Å². The molecule has 0 aliphatic carbocycles. The van der Waals surface area contributed by atoms with Crippen LogP contribution in [0.15, 0.2) is 28.7 Å². The minimum absolute atomic E-state index is 0.240. The number of rotatable bonds is 4. The van der Waals surface area contributed by atoms with E-state index < -0.39 is 0 Å². The number of carbonyl (C=O) groups excluding carboxylic acids is 1. The molecular weight excluding hydrogens is 343 g/mol. The first-order chi connectivity index (χ1) is 6.24. The van der Waals surface area contributed by atoms with Gasteiger partial charge < -0.3 is 0 Å². The van der Waals surface area contributed by atoms with E-state index >= 15 is 0 Å². The molecule has 1 nitrogen and oxygen atoms in total. The minimum atomic E-state index is 0.240. The highest BCUT2D eigenvalue weighted by atomic mass is 127. The largest absolute Gasteiger partial charge is 0.294 e. The first-order valence-corrected chi connectivity index (χ1v) is 6.40. The van der Waals surface area contributed by atoms with Gasteiger partial charge in [0.15, 0.2) is 5.78 Å². The lowest BCUT2D eigenvalue weighted by atomic mass is 10.1. The molecule has 13 heavy (non-hydrogen) atoms. The van der Waals surface area contributed by atoms with E-state index in [4.69, 9.17) is 0 Å². The second-order valence-electron chi connectivity index (χ2n) is 2.72. The van der Waals surface area contributed by atoms with Crippen LogP contribution in [0.25, 0.3) is 0 Å². The van der Waals surface area contributed by atoms with Gasteiger partial charge in [0.05, 0.1) is 0 Å². The smallest absolute Gasteiger partial charge is 0.162 e. The highest BCUT2D eigenvalue weighted by Crippen LogP contribution is 2.12. The molecule has 0 saturated carbocycles. The molecule has 0 N–H and O–H groups in total. The van der Waals surface area contributed by atoms with Crippen molar-refractivity contribution in [1.82, 2.24) is 0 Å². The zero-order chi connectivity index (χ0) is 9.68. The monoisotopic (exact) mass is 352 g/mol. The summed E-state index contributed by atoms with van der Waals surface area (Å²) in [6, 6.07) is 7.52. The van der Waals surface area contributed by atoms with Crippen molar-refractivity contribution in [3.05, 3.63) is 34.3 Å². The fraction of sp³-hybridized carbons (Fsp3) is 0.300. The molecule has 1 rings (SSSR count). The van der Waals surface area contributed by atoms with Gasteiger partial charge in [-0.2, -0.15) is 0 Å². The van der Waals surface area contributed by atoms with Gasteiger partial charge in [-0.3, -0.25) is 4.79 Å². The molecule has 1 aromatic rings. The standard InChI is InChI=1S/C10H10BrIO/c11-9-5-3-8(4-6-9)10(13)2-1-7-12/h3-6H,1-2,7H2. The lowest BCUT2D eigenvalue weighted by Gasteiger charge is -1.99. The van der Waals surface area contributed by atoms with Gasteiger partial charge in [0.25, 0.3) is 0 Å². The van der Waals surface area contributed by atoms with Crippen molar-refractivity contribution in [2.24, 2.45) is 0 Å². The second-order valence-corrected chi connectivity index (χ2v) is 4.72. The lowest BCUT2D eigenvalue weighted by Crippen LogP contribution is -1.98. The van der Waals surface area contributed by atoms with E-state index in [9.17, 15) is 4.79 Å². The molecule has 0 bridgehead atoms. The highest BCUT2D eigenvalue weighted by Gasteiger charge is 2.03. The molecule has 1 aromatic carbocycles. The zero-order valence-corrected chi connectivity index (χ0v) is 10.8. The molecule has 0 saturated heterocycles. The van der Waals surface area contributed by atoms with Gasteiger partial charge in [0.2, 0.25) is 0 Å². The average molecular weight is 353 g/mol. The van der Waals surface area contributed by atoms with Gasteiger partial charge in [-0.05, 0) is 23.0 Å². The van der Waals surface area contributed by atoms with E-state index in [1.54, 1.807) is 0 Å². The van der Waals surface area contributed by atoms with E-state index in [0.717, 1.165) is 20.9 Å². The van der Waals surface area contributed by atoms with Crippen molar-refractivity contribution < 1.29 is 4.79 Å². The van der Waals surface area contributed by atoms with Crippen molar-refractivity contribution in [1.29, 1.82) is 0 Å². The number of alkyl halides is 1. The molecule has 0 fully saturated rings. The van der Waals surface area contributed by atoms with Crippen LogP contribution in [0.2, 0.25) is 0 Å².